The Morgan fingerprint density at radius 1 is 0.714 bits per heavy atom. The lowest BCUT2D eigenvalue weighted by molar-refractivity contribution is -0.0685. The molecule has 2 nitrogen and oxygen atoms in total. The van der Waals surface area contributed by atoms with E-state index in [1.54, 1.807) is 72.8 Å². The molecule has 0 aliphatic rings. The van der Waals surface area contributed by atoms with E-state index in [0.29, 0.717) is 30.0 Å². The molecule has 28 heavy (non-hydrogen) atoms. The number of hydrogen-bond acceptors (Lipinski definition) is 2. The highest BCUT2D eigenvalue weighted by Gasteiger charge is 2.38. The van der Waals surface area contributed by atoms with Crippen molar-refractivity contribution in [2.45, 2.75) is 6.18 Å². The molecule has 5 heteroatoms. The summed E-state index contributed by atoms with van der Waals surface area (Å²) in [6, 6.07) is 23.1. The summed E-state index contributed by atoms with van der Waals surface area (Å²) in [5, 5.41) is 0. The minimum Gasteiger partial charge on any atom is -0.492 e. The predicted molar refractivity (Wildman–Crippen MR) is 106 cm³/mol. The Kier molecular flexibility index (Phi) is 6.16. The summed E-state index contributed by atoms with van der Waals surface area (Å²) in [7, 11) is 0. The topological polar surface area (TPSA) is 35.2 Å². The van der Waals surface area contributed by atoms with Crippen molar-refractivity contribution in [2.75, 3.05) is 13.2 Å². The number of halogens is 3. The number of nitrogens with two attached hydrogens (primary N) is 1. The van der Waals surface area contributed by atoms with Crippen LogP contribution in [0.1, 0.15) is 16.7 Å². The first-order chi connectivity index (χ1) is 13.5. The van der Waals surface area contributed by atoms with E-state index >= 15 is 0 Å². The summed E-state index contributed by atoms with van der Waals surface area (Å²) in [6.45, 7) is 0.710. The van der Waals surface area contributed by atoms with E-state index in [9.17, 15) is 13.2 Å². The summed E-state index contributed by atoms with van der Waals surface area (Å²) in [4.78, 5) is 0. The normalized spacial score (nSPS) is 12.4. The van der Waals surface area contributed by atoms with Crippen molar-refractivity contribution in [3.8, 4) is 5.75 Å². The zero-order valence-electron chi connectivity index (χ0n) is 15.1. The Morgan fingerprint density at radius 2 is 1.21 bits per heavy atom. The molecule has 0 saturated heterocycles. The first kappa shape index (κ1) is 19.7. The monoisotopic (exact) mass is 383 g/mol. The fourth-order valence-corrected chi connectivity index (χ4v) is 3.01. The van der Waals surface area contributed by atoms with Gasteiger partial charge in [-0.2, -0.15) is 13.2 Å². The Balaban J connectivity index is 2.22. The van der Waals surface area contributed by atoms with Crippen LogP contribution in [0.25, 0.3) is 11.1 Å². The van der Waals surface area contributed by atoms with Crippen LogP contribution >= 0.6 is 0 Å². The predicted octanol–water partition coefficient (Wildman–Crippen LogP) is 5.55. The van der Waals surface area contributed by atoms with Crippen LogP contribution in [-0.4, -0.2) is 19.3 Å². The van der Waals surface area contributed by atoms with E-state index in [1.165, 1.54) is 12.1 Å². The average Bonchev–Trinajstić information content (AvgIpc) is 2.71. The molecule has 0 heterocycles. The maximum Gasteiger partial charge on any atom is 0.417 e. The van der Waals surface area contributed by atoms with Crippen molar-refractivity contribution in [2.24, 2.45) is 5.73 Å². The van der Waals surface area contributed by atoms with Crippen molar-refractivity contribution in [3.63, 3.8) is 0 Å². The number of alkyl halides is 3. The highest BCUT2D eigenvalue weighted by Crippen LogP contribution is 2.42. The molecule has 144 valence electrons. The number of allylic oxidation sites excluding steroid dienone is 1. The molecule has 0 saturated carbocycles. The van der Waals surface area contributed by atoms with E-state index in [0.717, 1.165) is 0 Å². The number of hydrogen-bond donors (Lipinski definition) is 1. The van der Waals surface area contributed by atoms with Gasteiger partial charge >= 0.3 is 6.18 Å². The molecule has 0 aromatic heterocycles. The smallest absolute Gasteiger partial charge is 0.417 e. The van der Waals surface area contributed by atoms with Crippen LogP contribution in [0.5, 0.6) is 5.75 Å². The third-order valence-corrected chi connectivity index (χ3v) is 4.19. The van der Waals surface area contributed by atoms with Gasteiger partial charge in [0.2, 0.25) is 0 Å². The molecule has 0 radical (unpaired) electrons. The zero-order valence-corrected chi connectivity index (χ0v) is 15.1. The van der Waals surface area contributed by atoms with Gasteiger partial charge in [-0.1, -0.05) is 72.8 Å². The Morgan fingerprint density at radius 3 is 1.71 bits per heavy atom. The van der Waals surface area contributed by atoms with Crippen molar-refractivity contribution >= 4 is 11.1 Å². The van der Waals surface area contributed by atoms with Gasteiger partial charge in [-0.3, -0.25) is 0 Å². The van der Waals surface area contributed by atoms with E-state index < -0.39 is 11.7 Å². The molecule has 3 rings (SSSR count). The fraction of sp³-hybridized carbons (Fsp3) is 0.130. The largest absolute Gasteiger partial charge is 0.492 e. The summed E-state index contributed by atoms with van der Waals surface area (Å²) < 4.78 is 48.0. The van der Waals surface area contributed by atoms with Gasteiger partial charge in [0.15, 0.2) is 0 Å². The molecule has 0 aliphatic heterocycles. The molecule has 0 spiro atoms. The molecule has 0 aliphatic carbocycles. The molecule has 2 N–H and O–H groups in total. The second kappa shape index (κ2) is 8.76. The summed E-state index contributed by atoms with van der Waals surface area (Å²) in [6.07, 6.45) is -4.53. The van der Waals surface area contributed by atoms with Gasteiger partial charge in [-0.15, -0.1) is 0 Å². The van der Waals surface area contributed by atoms with Gasteiger partial charge in [0.1, 0.15) is 12.4 Å². The van der Waals surface area contributed by atoms with Crippen molar-refractivity contribution in [1.29, 1.82) is 0 Å². The van der Waals surface area contributed by atoms with E-state index in [2.05, 4.69) is 0 Å². The van der Waals surface area contributed by atoms with Crippen molar-refractivity contribution in [1.82, 2.24) is 0 Å². The standard InChI is InChI=1S/C23H20F3NO/c24-23(25,26)22(19-9-5-2-6-10-19)21(17-7-3-1-4-8-17)18-11-13-20(14-12-18)28-16-15-27/h1-14H,15-16,27H2. The van der Waals surface area contributed by atoms with Crippen LogP contribution < -0.4 is 10.5 Å². The summed E-state index contributed by atoms with van der Waals surface area (Å²) >= 11 is 0. The molecule has 0 fully saturated rings. The lowest BCUT2D eigenvalue weighted by Crippen LogP contribution is -2.14. The van der Waals surface area contributed by atoms with E-state index in [-0.39, 0.29) is 11.1 Å². The van der Waals surface area contributed by atoms with Crippen LogP contribution in [0.2, 0.25) is 0 Å². The molecular weight excluding hydrogens is 363 g/mol. The van der Waals surface area contributed by atoms with Crippen LogP contribution in [0.4, 0.5) is 13.2 Å². The van der Waals surface area contributed by atoms with Gasteiger partial charge in [0, 0.05) is 12.1 Å². The molecule has 3 aromatic carbocycles. The molecule has 0 atom stereocenters. The zero-order chi connectivity index (χ0) is 20.0. The SMILES string of the molecule is NCCOc1ccc(C(=C(c2ccccc2)C(F)(F)F)c2ccccc2)cc1. The van der Waals surface area contributed by atoms with Crippen LogP contribution in [0.3, 0.4) is 0 Å². The summed E-state index contributed by atoms with van der Waals surface area (Å²) in [5.74, 6) is 0.565. The highest BCUT2D eigenvalue weighted by molar-refractivity contribution is 6.00. The third-order valence-electron chi connectivity index (χ3n) is 4.19. The molecule has 0 amide bonds. The first-order valence-electron chi connectivity index (χ1n) is 8.86. The molecule has 3 aromatic rings. The maximum absolute atomic E-state index is 14.2. The lowest BCUT2D eigenvalue weighted by atomic mass is 9.89. The quantitative estimate of drug-likeness (QED) is 0.567. The van der Waals surface area contributed by atoms with E-state index in [4.69, 9.17) is 10.5 Å². The number of rotatable bonds is 6. The minimum absolute atomic E-state index is 0.123. The van der Waals surface area contributed by atoms with E-state index in [1.807, 2.05) is 0 Å². The van der Waals surface area contributed by atoms with Gasteiger partial charge < -0.3 is 10.5 Å². The Bertz CT molecular complexity index is 918. The number of benzene rings is 3. The minimum atomic E-state index is -4.53. The molecule has 0 unspecified atom stereocenters. The van der Waals surface area contributed by atoms with Crippen molar-refractivity contribution < 1.29 is 17.9 Å². The van der Waals surface area contributed by atoms with Crippen molar-refractivity contribution in [3.05, 3.63) is 102 Å². The van der Waals surface area contributed by atoms with Crippen LogP contribution in [0.15, 0.2) is 84.9 Å². The average molecular weight is 383 g/mol. The van der Waals surface area contributed by atoms with Gasteiger partial charge in [-0.25, -0.2) is 0 Å². The second-order valence-corrected chi connectivity index (χ2v) is 6.14. The lowest BCUT2D eigenvalue weighted by Gasteiger charge is -2.20. The Labute approximate surface area is 162 Å². The van der Waals surface area contributed by atoms with Crippen LogP contribution in [0, 0.1) is 0 Å². The summed E-state index contributed by atoms with van der Waals surface area (Å²) in [5.41, 5.74) is 5.96. The van der Waals surface area contributed by atoms with Gasteiger partial charge in [0.25, 0.3) is 0 Å². The van der Waals surface area contributed by atoms with Crippen LogP contribution in [-0.2, 0) is 0 Å². The second-order valence-electron chi connectivity index (χ2n) is 6.14. The van der Waals surface area contributed by atoms with Gasteiger partial charge in [-0.05, 0) is 28.8 Å². The molecule has 0 bridgehead atoms. The molecular formula is C23H20F3NO. The van der Waals surface area contributed by atoms with Gasteiger partial charge in [0.05, 0.1) is 5.57 Å². The number of ether oxygens (including phenoxy) is 1. The maximum atomic E-state index is 14.2. The highest BCUT2D eigenvalue weighted by atomic mass is 19.4. The first-order valence-corrected chi connectivity index (χ1v) is 8.86. The third kappa shape index (κ3) is 4.61. The fourth-order valence-electron chi connectivity index (χ4n) is 3.01. The Hall–Kier alpha value is -3.05.